The SMILES string of the molecule is Cc1ccc(-c2ccc(C3CCC(C)CC3)cc2)c(Cl)c1F.Cc1ccc(-c2ccc(C3CCC(C)CC3)cc2)c(F)c1F.Cc1ccc(-c2ccc(C3CCC(C)CC3)cc2)c(F)c1F.Cc1ccc(C)c(F)c1F.Cc1ccc(C)c(F)c1F.Cc1ccc(C)c(F)c1F.Cc1ccc(C)c(F)c1F.Cc1ccc(C)c(F)c1F.[HH].[HH].[HH]. The van der Waals surface area contributed by atoms with Crippen LogP contribution in [0.15, 0.2) is 170 Å². The monoisotopic (exact) mass is 1630 g/mol. The summed E-state index contributed by atoms with van der Waals surface area (Å²) in [5, 5.41) is 0.222. The number of rotatable bonds is 6. The zero-order valence-electron chi connectivity index (χ0n) is 69.2. The van der Waals surface area contributed by atoms with Crippen molar-refractivity contribution in [1.29, 1.82) is 0 Å². The number of hydrogen-bond donors (Lipinski definition) is 0. The molecule has 0 spiro atoms. The smallest absolute Gasteiger partial charge is 0.166 e. The van der Waals surface area contributed by atoms with Gasteiger partial charge in [-0.3, -0.25) is 0 Å². The molecule has 0 aromatic heterocycles. The van der Waals surface area contributed by atoms with E-state index < -0.39 is 81.4 Å². The third kappa shape index (κ3) is 25.3. The molecule has 16 heteroatoms. The lowest BCUT2D eigenvalue weighted by Gasteiger charge is -2.26. The van der Waals surface area contributed by atoms with Gasteiger partial charge >= 0.3 is 0 Å². The second kappa shape index (κ2) is 43.7. The molecule has 3 aliphatic rings. The van der Waals surface area contributed by atoms with E-state index in [9.17, 15) is 65.9 Å². The van der Waals surface area contributed by atoms with Gasteiger partial charge in [0.15, 0.2) is 81.4 Å². The Bertz CT molecular complexity index is 4340. The second-order valence-electron chi connectivity index (χ2n) is 31.5. The van der Waals surface area contributed by atoms with Crippen molar-refractivity contribution in [1.82, 2.24) is 0 Å². The van der Waals surface area contributed by atoms with Crippen molar-refractivity contribution in [3.63, 3.8) is 0 Å². The third-order valence-electron chi connectivity index (χ3n) is 22.3. The first-order valence-corrected chi connectivity index (χ1v) is 39.9. The molecule has 0 heterocycles. The minimum Gasteiger partial charge on any atom is -0.205 e. The van der Waals surface area contributed by atoms with Crippen LogP contribution >= 0.6 is 11.6 Å². The molecule has 0 amide bonds. The van der Waals surface area contributed by atoms with Gasteiger partial charge in [0.1, 0.15) is 5.82 Å². The Morgan fingerprint density at radius 1 is 0.190 bits per heavy atom. The zero-order chi connectivity index (χ0) is 85.7. The Labute approximate surface area is 686 Å². The number of halogens is 16. The summed E-state index contributed by atoms with van der Waals surface area (Å²) in [7, 11) is 0. The molecule has 14 rings (SSSR count). The highest BCUT2D eigenvalue weighted by atomic mass is 35.5. The lowest BCUT2D eigenvalue weighted by molar-refractivity contribution is 0.348. The van der Waals surface area contributed by atoms with Gasteiger partial charge in [0, 0.05) is 21.0 Å². The van der Waals surface area contributed by atoms with E-state index in [1.54, 1.807) is 112 Å². The van der Waals surface area contributed by atoms with Crippen LogP contribution in [-0.2, 0) is 0 Å². The zero-order valence-corrected chi connectivity index (χ0v) is 69.9. The highest BCUT2D eigenvalue weighted by Gasteiger charge is 2.24. The lowest BCUT2D eigenvalue weighted by Crippen LogP contribution is -2.10. The summed E-state index contributed by atoms with van der Waals surface area (Å²) in [5.74, 6) is -6.23. The van der Waals surface area contributed by atoms with Gasteiger partial charge < -0.3 is 0 Å². The van der Waals surface area contributed by atoms with Gasteiger partial charge in [-0.25, -0.2) is 65.9 Å². The van der Waals surface area contributed by atoms with Crippen molar-refractivity contribution in [2.45, 2.75) is 206 Å². The molecule has 3 saturated carbocycles. The topological polar surface area (TPSA) is 0 Å². The summed E-state index contributed by atoms with van der Waals surface area (Å²) < 4.78 is 196. The molecule has 0 N–H and O–H groups in total. The van der Waals surface area contributed by atoms with Gasteiger partial charge in [0.2, 0.25) is 0 Å². The maximum atomic E-state index is 14.1. The van der Waals surface area contributed by atoms with E-state index in [1.807, 2.05) is 30.3 Å². The molecule has 11 aromatic rings. The molecular weight excluding hydrogens is 1520 g/mol. The van der Waals surface area contributed by atoms with E-state index in [0.29, 0.717) is 101 Å². The molecule has 0 bridgehead atoms. The van der Waals surface area contributed by atoms with Gasteiger partial charge in [-0.15, -0.1) is 0 Å². The molecule has 11 aromatic carbocycles. The predicted octanol–water partition coefficient (Wildman–Crippen LogP) is 32.9. The fourth-order valence-electron chi connectivity index (χ4n) is 13.9. The first-order valence-electron chi connectivity index (χ1n) is 39.5. The summed E-state index contributed by atoms with van der Waals surface area (Å²) >= 11 is 6.16. The highest BCUT2D eigenvalue weighted by molar-refractivity contribution is 6.33. The molecule has 0 atom stereocenters. The van der Waals surface area contributed by atoms with Crippen LogP contribution in [-0.4, -0.2) is 0 Å². The minimum atomic E-state index is -0.751. The highest BCUT2D eigenvalue weighted by Crippen LogP contribution is 2.41. The maximum Gasteiger partial charge on any atom is 0.166 e. The Morgan fingerprint density at radius 3 is 0.526 bits per heavy atom. The fraction of sp³-hybridized carbons (Fsp3) is 0.340. The standard InChI is InChI=1S/C20H22ClF.2C20H22F2.5C8H8F2.3H2/c1-13-3-6-15(7-4-13)16-8-10-17(11-9-16)18-12-5-14(2)20(22)19(18)21;2*1-13-3-6-15(7-4-13)16-8-10-17(11-9-16)18-12-5-14(2)19(21)20(18)22;5*1-5-3-4-6(2)8(10)7(5)9;;;/h3*5,8-13,15H,3-4,6-7H2,1-2H3;5*3-4H,1-2H3;3*1H. The Balaban J connectivity index is 0.000000293. The molecule has 624 valence electrons. The average molecular weight is 1630 g/mol. The van der Waals surface area contributed by atoms with Crippen LogP contribution in [0.2, 0.25) is 5.02 Å². The van der Waals surface area contributed by atoms with Crippen molar-refractivity contribution >= 4 is 11.6 Å². The van der Waals surface area contributed by atoms with Crippen LogP contribution in [0, 0.1) is 195 Å². The van der Waals surface area contributed by atoms with Gasteiger partial charge in [0.05, 0.1) is 5.02 Å². The molecule has 116 heavy (non-hydrogen) atoms. The molecule has 3 fully saturated rings. The molecule has 3 aliphatic carbocycles. The maximum absolute atomic E-state index is 14.1. The van der Waals surface area contributed by atoms with E-state index in [-0.39, 0.29) is 15.1 Å². The van der Waals surface area contributed by atoms with Crippen LogP contribution in [0.1, 0.15) is 209 Å². The number of benzene rings is 11. The van der Waals surface area contributed by atoms with E-state index >= 15 is 0 Å². The quantitative estimate of drug-likeness (QED) is 0.146. The first kappa shape index (κ1) is 93.8. The van der Waals surface area contributed by atoms with E-state index in [4.69, 9.17) is 11.6 Å². The van der Waals surface area contributed by atoms with Crippen LogP contribution in [0.25, 0.3) is 33.4 Å². The summed E-state index contributed by atoms with van der Waals surface area (Å²) in [6.07, 6.45) is 15.2. The third-order valence-corrected chi connectivity index (χ3v) is 22.7. The number of hydrogen-bond acceptors (Lipinski definition) is 0. The normalized spacial score (nSPS) is 16.7. The van der Waals surface area contributed by atoms with Crippen LogP contribution in [0.4, 0.5) is 65.9 Å². The van der Waals surface area contributed by atoms with E-state index in [0.717, 1.165) is 40.0 Å². The van der Waals surface area contributed by atoms with Crippen LogP contribution in [0.3, 0.4) is 0 Å². The van der Waals surface area contributed by atoms with Crippen molar-refractivity contribution in [3.05, 3.63) is 351 Å². The van der Waals surface area contributed by atoms with Gasteiger partial charge in [-0.2, -0.15) is 0 Å². The summed E-state index contributed by atoms with van der Waals surface area (Å²) in [6, 6.07) is 50.4. The lowest BCUT2D eigenvalue weighted by atomic mass is 9.79. The summed E-state index contributed by atoms with van der Waals surface area (Å²) in [6.45, 7) is 27.3. The van der Waals surface area contributed by atoms with E-state index in [2.05, 4.69) is 69.3 Å². The Hall–Kier alpha value is -9.34. The minimum absolute atomic E-state index is 0. The predicted molar refractivity (Wildman–Crippen MR) is 451 cm³/mol. The largest absolute Gasteiger partial charge is 0.205 e. The van der Waals surface area contributed by atoms with Gasteiger partial charge in [0.25, 0.3) is 0 Å². The Morgan fingerprint density at radius 2 is 0.336 bits per heavy atom. The van der Waals surface area contributed by atoms with Crippen molar-refractivity contribution < 1.29 is 70.1 Å². The van der Waals surface area contributed by atoms with E-state index in [1.165, 1.54) is 163 Å². The van der Waals surface area contributed by atoms with Crippen LogP contribution in [0.5, 0.6) is 0 Å². The summed E-state index contributed by atoms with van der Waals surface area (Å²) in [5.41, 5.74) is 12.7. The summed E-state index contributed by atoms with van der Waals surface area (Å²) in [4.78, 5) is 0. The van der Waals surface area contributed by atoms with Gasteiger partial charge in [-0.1, -0.05) is 241 Å². The van der Waals surface area contributed by atoms with Crippen LogP contribution < -0.4 is 0 Å². The van der Waals surface area contributed by atoms with Gasteiger partial charge in [-0.05, 0) is 270 Å². The molecule has 0 nitrogen and oxygen atoms in total. The second-order valence-corrected chi connectivity index (χ2v) is 31.9. The Kier molecular flexibility index (Phi) is 35.4. The molecule has 0 radical (unpaired) electrons. The van der Waals surface area contributed by atoms with Crippen molar-refractivity contribution in [2.24, 2.45) is 17.8 Å². The first-order chi connectivity index (χ1) is 54.8. The van der Waals surface area contributed by atoms with Crippen molar-refractivity contribution in [3.8, 4) is 33.4 Å². The number of aryl methyl sites for hydroxylation is 13. The fourth-order valence-corrected chi connectivity index (χ4v) is 14.2. The molecule has 0 aliphatic heterocycles. The average Bonchev–Trinajstić information content (AvgIpc) is 0.814. The van der Waals surface area contributed by atoms with Crippen molar-refractivity contribution in [2.75, 3.05) is 0 Å². The molecule has 0 unspecified atom stereocenters. The molecule has 0 saturated heterocycles. The molecular formula is C100H112ClF15.